The van der Waals surface area contributed by atoms with Crippen molar-refractivity contribution in [3.8, 4) is 0 Å². The summed E-state index contributed by atoms with van der Waals surface area (Å²) >= 11 is 0. The molecule has 0 atom stereocenters. The van der Waals surface area contributed by atoms with Crippen molar-refractivity contribution in [2.75, 3.05) is 11.9 Å². The van der Waals surface area contributed by atoms with Gasteiger partial charge >= 0.3 is 5.97 Å². The molecule has 0 radical (unpaired) electrons. The van der Waals surface area contributed by atoms with Crippen LogP contribution in [0.1, 0.15) is 30.6 Å². The summed E-state index contributed by atoms with van der Waals surface area (Å²) in [4.78, 5) is 33.7. The van der Waals surface area contributed by atoms with E-state index < -0.39 is 11.9 Å². The minimum Gasteiger partial charge on any atom is -0.462 e. The summed E-state index contributed by atoms with van der Waals surface area (Å²) in [5, 5.41) is 5.98. The highest BCUT2D eigenvalue weighted by molar-refractivity contribution is 6.25. The summed E-state index contributed by atoms with van der Waals surface area (Å²) < 4.78 is 5.20. The lowest BCUT2D eigenvalue weighted by Gasteiger charge is -2.14. The molecule has 27 heavy (non-hydrogen) atoms. The quantitative estimate of drug-likeness (QED) is 0.813. The number of carbonyl (C=O) groups is 2. The van der Waals surface area contributed by atoms with E-state index in [-0.39, 0.29) is 18.0 Å². The average Bonchev–Trinajstić information content (AvgIpc) is 2.85. The molecule has 7 heteroatoms. The Labute approximate surface area is 157 Å². The van der Waals surface area contributed by atoms with Crippen LogP contribution >= 0.6 is 0 Å². The number of carbonyl (C=O) groups excluding carboxylic acids is 2. The van der Waals surface area contributed by atoms with Gasteiger partial charge in [0.1, 0.15) is 11.4 Å². The lowest BCUT2D eigenvalue weighted by Crippen LogP contribution is -2.35. The van der Waals surface area contributed by atoms with E-state index in [1.54, 1.807) is 31.3 Å². The Kier molecular flexibility index (Phi) is 5.61. The van der Waals surface area contributed by atoms with E-state index in [2.05, 4.69) is 20.6 Å². The van der Waals surface area contributed by atoms with E-state index in [1.165, 1.54) is 6.20 Å². The first-order valence-electron chi connectivity index (χ1n) is 8.70. The second kappa shape index (κ2) is 8.27. The first-order valence-corrected chi connectivity index (χ1v) is 8.70. The summed E-state index contributed by atoms with van der Waals surface area (Å²) in [7, 11) is 0. The highest BCUT2D eigenvalue weighted by atomic mass is 16.5. The SMILES string of the molecule is CCOC(=O)C1=C(CC)Nc2ccccc2N=C1NC(=O)c1cccnc1. The van der Waals surface area contributed by atoms with E-state index in [9.17, 15) is 9.59 Å². The molecule has 7 nitrogen and oxygen atoms in total. The smallest absolute Gasteiger partial charge is 0.343 e. The van der Waals surface area contributed by atoms with Crippen molar-refractivity contribution >= 4 is 29.1 Å². The van der Waals surface area contributed by atoms with Gasteiger partial charge in [-0.3, -0.25) is 9.78 Å². The summed E-state index contributed by atoms with van der Waals surface area (Å²) in [6, 6.07) is 10.7. The van der Waals surface area contributed by atoms with E-state index in [0.717, 1.165) is 5.69 Å². The van der Waals surface area contributed by atoms with Gasteiger partial charge in [-0.15, -0.1) is 0 Å². The molecule has 0 unspecified atom stereocenters. The number of anilines is 1. The molecule has 0 saturated heterocycles. The van der Waals surface area contributed by atoms with Gasteiger partial charge in [-0.05, 0) is 37.6 Å². The number of aliphatic imine (C=N–C) groups is 1. The summed E-state index contributed by atoms with van der Waals surface area (Å²) in [6.45, 7) is 3.86. The number of fused-ring (bicyclic) bond motifs is 1. The van der Waals surface area contributed by atoms with Gasteiger partial charge in [-0.2, -0.15) is 0 Å². The number of hydrogen-bond donors (Lipinski definition) is 2. The van der Waals surface area contributed by atoms with Crippen molar-refractivity contribution in [3.63, 3.8) is 0 Å². The molecule has 0 spiro atoms. The van der Waals surface area contributed by atoms with Crippen LogP contribution in [0.3, 0.4) is 0 Å². The van der Waals surface area contributed by atoms with Gasteiger partial charge in [0.2, 0.25) is 0 Å². The van der Waals surface area contributed by atoms with Crippen LogP contribution in [0.4, 0.5) is 11.4 Å². The number of allylic oxidation sites excluding steroid dienone is 1. The monoisotopic (exact) mass is 364 g/mol. The number of aromatic nitrogens is 1. The number of benzene rings is 1. The Morgan fingerprint density at radius 2 is 1.96 bits per heavy atom. The lowest BCUT2D eigenvalue weighted by atomic mass is 10.1. The zero-order valence-corrected chi connectivity index (χ0v) is 15.2. The standard InChI is InChI=1S/C20H20N4O3/c1-3-14-17(20(26)27-4-2)18(23-16-10-6-5-9-15(16)22-14)24-19(25)13-8-7-11-21-12-13/h5-12,22H,3-4H2,1-2H3,(H,23,24,25). The summed E-state index contributed by atoms with van der Waals surface area (Å²) in [5.74, 6) is -0.796. The maximum Gasteiger partial charge on any atom is 0.343 e. The fourth-order valence-electron chi connectivity index (χ4n) is 2.68. The third-order valence-corrected chi connectivity index (χ3v) is 3.95. The fraction of sp³-hybridized carbons (Fsp3) is 0.200. The number of pyridine rings is 1. The van der Waals surface area contributed by atoms with E-state index in [4.69, 9.17) is 4.74 Å². The Morgan fingerprint density at radius 3 is 2.67 bits per heavy atom. The first kappa shape index (κ1) is 18.3. The Morgan fingerprint density at radius 1 is 1.15 bits per heavy atom. The highest BCUT2D eigenvalue weighted by Crippen LogP contribution is 2.31. The van der Waals surface area contributed by atoms with Gasteiger partial charge in [0, 0.05) is 18.1 Å². The number of ether oxygens (including phenoxy) is 1. The van der Waals surface area contributed by atoms with E-state index >= 15 is 0 Å². The van der Waals surface area contributed by atoms with Crippen molar-refractivity contribution < 1.29 is 14.3 Å². The van der Waals surface area contributed by atoms with Crippen molar-refractivity contribution in [1.82, 2.24) is 10.3 Å². The van der Waals surface area contributed by atoms with Crippen LogP contribution in [0.15, 0.2) is 65.1 Å². The number of rotatable bonds is 4. The molecule has 0 saturated carbocycles. The minimum atomic E-state index is -0.542. The van der Waals surface area contributed by atoms with Crippen LogP contribution in [0.2, 0.25) is 0 Å². The lowest BCUT2D eigenvalue weighted by molar-refractivity contribution is -0.137. The van der Waals surface area contributed by atoms with Gasteiger partial charge in [0.05, 0.1) is 23.5 Å². The van der Waals surface area contributed by atoms with E-state index in [1.807, 2.05) is 25.1 Å². The number of hydrogen-bond acceptors (Lipinski definition) is 6. The van der Waals surface area contributed by atoms with Crippen LogP contribution in [-0.4, -0.2) is 29.3 Å². The van der Waals surface area contributed by atoms with Gasteiger partial charge in [0.15, 0.2) is 0 Å². The zero-order valence-electron chi connectivity index (χ0n) is 15.2. The fourth-order valence-corrected chi connectivity index (χ4v) is 2.68. The summed E-state index contributed by atoms with van der Waals surface area (Å²) in [6.07, 6.45) is 3.57. The normalized spacial score (nSPS) is 13.0. The molecule has 1 aliphatic heterocycles. The molecular weight excluding hydrogens is 344 g/mol. The van der Waals surface area contributed by atoms with Crippen molar-refractivity contribution in [2.24, 2.45) is 4.99 Å². The van der Waals surface area contributed by atoms with Crippen LogP contribution in [0.5, 0.6) is 0 Å². The molecule has 1 amide bonds. The number of nitrogens with one attached hydrogen (secondary N) is 2. The number of esters is 1. The Bertz CT molecular complexity index is 920. The molecule has 3 rings (SSSR count). The van der Waals surface area contributed by atoms with Crippen LogP contribution in [0, 0.1) is 0 Å². The molecule has 1 aliphatic rings. The molecule has 2 heterocycles. The Balaban J connectivity index is 2.07. The van der Waals surface area contributed by atoms with Crippen LogP contribution in [-0.2, 0) is 9.53 Å². The maximum absolute atomic E-state index is 12.6. The predicted octanol–water partition coefficient (Wildman–Crippen LogP) is 3.19. The number of amides is 1. The molecule has 0 fully saturated rings. The van der Waals surface area contributed by atoms with Crippen molar-refractivity contribution in [1.29, 1.82) is 0 Å². The van der Waals surface area contributed by atoms with Gasteiger partial charge in [-0.1, -0.05) is 19.1 Å². The molecule has 138 valence electrons. The van der Waals surface area contributed by atoms with Crippen LogP contribution < -0.4 is 10.6 Å². The zero-order chi connectivity index (χ0) is 19.2. The second-order valence-corrected chi connectivity index (χ2v) is 5.73. The molecule has 1 aromatic heterocycles. The predicted molar refractivity (Wildman–Crippen MR) is 103 cm³/mol. The number of amidine groups is 1. The summed E-state index contributed by atoms with van der Waals surface area (Å²) in [5.41, 5.74) is 2.58. The van der Waals surface area contributed by atoms with Gasteiger partial charge < -0.3 is 15.4 Å². The largest absolute Gasteiger partial charge is 0.462 e. The van der Waals surface area contributed by atoms with Crippen molar-refractivity contribution in [2.45, 2.75) is 20.3 Å². The molecular formula is C20H20N4O3. The molecule has 1 aromatic carbocycles. The maximum atomic E-state index is 12.6. The van der Waals surface area contributed by atoms with Crippen LogP contribution in [0.25, 0.3) is 0 Å². The molecule has 0 bridgehead atoms. The van der Waals surface area contributed by atoms with Gasteiger partial charge in [-0.25, -0.2) is 9.79 Å². The number of para-hydroxylation sites is 2. The van der Waals surface area contributed by atoms with Crippen molar-refractivity contribution in [3.05, 3.63) is 65.6 Å². The topological polar surface area (TPSA) is 92.7 Å². The molecule has 2 N–H and O–H groups in total. The van der Waals surface area contributed by atoms with Gasteiger partial charge in [0.25, 0.3) is 5.91 Å². The molecule has 0 aliphatic carbocycles. The molecule has 2 aromatic rings. The number of nitrogens with zero attached hydrogens (tertiary/aromatic N) is 2. The highest BCUT2D eigenvalue weighted by Gasteiger charge is 2.27. The minimum absolute atomic E-state index is 0.150. The average molecular weight is 364 g/mol. The second-order valence-electron chi connectivity index (χ2n) is 5.73. The van der Waals surface area contributed by atoms with E-state index in [0.29, 0.717) is 23.4 Å². The third-order valence-electron chi connectivity index (χ3n) is 3.95. The Hall–Kier alpha value is -3.48. The first-order chi connectivity index (χ1) is 13.1. The third kappa shape index (κ3) is 4.03.